The second-order valence-electron chi connectivity index (χ2n) is 5.26. The van der Waals surface area contributed by atoms with Crippen LogP contribution in [0.1, 0.15) is 19.3 Å². The summed E-state index contributed by atoms with van der Waals surface area (Å²) in [5.74, 6) is 0.400. The molecular weight excluding hydrogens is 301 g/mol. The predicted octanol–water partition coefficient (Wildman–Crippen LogP) is 0.666. The number of nitrogens with zero attached hydrogens (tertiary/aromatic N) is 1. The summed E-state index contributed by atoms with van der Waals surface area (Å²) in [6.45, 7) is 5.48. The maximum atomic E-state index is 11.9. The van der Waals surface area contributed by atoms with Crippen molar-refractivity contribution in [3.63, 3.8) is 0 Å². The monoisotopic (exact) mass is 327 g/mol. The lowest BCUT2D eigenvalue weighted by Crippen LogP contribution is -2.43. The number of amides is 1. The molecule has 7 heteroatoms. The van der Waals surface area contributed by atoms with Crippen LogP contribution in [0.25, 0.3) is 0 Å². The zero-order valence-electron chi connectivity index (χ0n) is 12.1. The van der Waals surface area contributed by atoms with Gasteiger partial charge in [0.1, 0.15) is 0 Å². The Bertz CT molecular complexity index is 276. The van der Waals surface area contributed by atoms with Gasteiger partial charge in [-0.2, -0.15) is 0 Å². The lowest BCUT2D eigenvalue weighted by molar-refractivity contribution is -0.124. The third-order valence-electron chi connectivity index (χ3n) is 4.02. The van der Waals surface area contributed by atoms with Gasteiger partial charge in [-0.3, -0.25) is 9.69 Å². The highest BCUT2D eigenvalue weighted by atomic mass is 35.5. The third kappa shape index (κ3) is 5.74. The standard InChI is InChI=1S/C13H25N3O2.2ClH/c1-18-8-7-16-6-2-3-12(16)10-15-13(17)11-4-5-14-9-11;;/h11-12,14H,2-10H2,1H3,(H,15,17);2*1H. The molecule has 0 aromatic carbocycles. The van der Waals surface area contributed by atoms with Crippen molar-refractivity contribution in [2.24, 2.45) is 5.92 Å². The lowest BCUT2D eigenvalue weighted by atomic mass is 10.1. The average Bonchev–Trinajstić information content (AvgIpc) is 3.04. The van der Waals surface area contributed by atoms with Gasteiger partial charge in [-0.25, -0.2) is 0 Å². The van der Waals surface area contributed by atoms with Gasteiger partial charge in [-0.1, -0.05) is 0 Å². The highest BCUT2D eigenvalue weighted by Crippen LogP contribution is 2.16. The largest absolute Gasteiger partial charge is 0.383 e. The van der Waals surface area contributed by atoms with Gasteiger partial charge >= 0.3 is 0 Å². The van der Waals surface area contributed by atoms with E-state index in [0.29, 0.717) is 6.04 Å². The van der Waals surface area contributed by atoms with E-state index >= 15 is 0 Å². The quantitative estimate of drug-likeness (QED) is 0.752. The van der Waals surface area contributed by atoms with Crippen molar-refractivity contribution in [1.29, 1.82) is 0 Å². The molecule has 0 radical (unpaired) electrons. The van der Waals surface area contributed by atoms with Crippen LogP contribution < -0.4 is 10.6 Å². The number of ether oxygens (including phenoxy) is 1. The molecule has 0 aromatic heterocycles. The van der Waals surface area contributed by atoms with Crippen LogP contribution in [0, 0.1) is 5.92 Å². The molecular formula is C13H27Cl2N3O2. The molecule has 20 heavy (non-hydrogen) atoms. The third-order valence-corrected chi connectivity index (χ3v) is 4.02. The highest BCUT2D eigenvalue weighted by Gasteiger charge is 2.26. The van der Waals surface area contributed by atoms with Crippen molar-refractivity contribution in [2.45, 2.75) is 25.3 Å². The van der Waals surface area contributed by atoms with Crippen molar-refractivity contribution in [3.05, 3.63) is 0 Å². The van der Waals surface area contributed by atoms with Crippen LogP contribution >= 0.6 is 24.8 Å². The summed E-state index contributed by atoms with van der Waals surface area (Å²) in [4.78, 5) is 14.4. The number of carbonyl (C=O) groups excluding carboxylic acids is 1. The predicted molar refractivity (Wildman–Crippen MR) is 85.0 cm³/mol. The normalized spacial score (nSPS) is 25.9. The van der Waals surface area contributed by atoms with Gasteiger partial charge in [-0.15, -0.1) is 24.8 Å². The molecule has 1 amide bonds. The summed E-state index contributed by atoms with van der Waals surface area (Å²) in [6, 6.07) is 0.499. The Morgan fingerprint density at radius 3 is 2.85 bits per heavy atom. The summed E-state index contributed by atoms with van der Waals surface area (Å²) >= 11 is 0. The second-order valence-corrected chi connectivity index (χ2v) is 5.26. The minimum absolute atomic E-state index is 0. The molecule has 2 aliphatic rings. The number of carbonyl (C=O) groups is 1. The van der Waals surface area contributed by atoms with Crippen LogP contribution in [0.2, 0.25) is 0 Å². The van der Waals surface area contributed by atoms with Crippen molar-refractivity contribution in [2.75, 3.05) is 46.4 Å². The number of likely N-dealkylation sites (tertiary alicyclic amines) is 1. The number of methoxy groups -OCH3 is 1. The molecule has 0 saturated carbocycles. The molecule has 0 bridgehead atoms. The van der Waals surface area contributed by atoms with E-state index in [9.17, 15) is 4.79 Å². The van der Waals surface area contributed by atoms with E-state index in [4.69, 9.17) is 4.74 Å². The molecule has 2 aliphatic heterocycles. The summed E-state index contributed by atoms with van der Waals surface area (Å²) in [6.07, 6.45) is 3.39. The summed E-state index contributed by atoms with van der Waals surface area (Å²) in [5.41, 5.74) is 0. The van der Waals surface area contributed by atoms with E-state index in [2.05, 4.69) is 15.5 Å². The topological polar surface area (TPSA) is 53.6 Å². The maximum Gasteiger partial charge on any atom is 0.224 e. The fourth-order valence-electron chi connectivity index (χ4n) is 2.87. The molecule has 2 N–H and O–H groups in total. The van der Waals surface area contributed by atoms with Gasteiger partial charge in [-0.05, 0) is 32.4 Å². The summed E-state index contributed by atoms with van der Waals surface area (Å²) in [5, 5.41) is 6.34. The number of halogens is 2. The van der Waals surface area contributed by atoms with E-state index < -0.39 is 0 Å². The Labute approximate surface area is 134 Å². The second kappa shape index (κ2) is 10.6. The SMILES string of the molecule is COCCN1CCCC1CNC(=O)C1CCNC1.Cl.Cl. The fraction of sp³-hybridized carbons (Fsp3) is 0.923. The Kier molecular flexibility index (Phi) is 10.6. The first kappa shape index (κ1) is 19.9. The zero-order valence-corrected chi connectivity index (χ0v) is 13.7. The Balaban J connectivity index is 0.00000180. The highest BCUT2D eigenvalue weighted by molar-refractivity contribution is 5.85. The van der Waals surface area contributed by atoms with Crippen molar-refractivity contribution in [1.82, 2.24) is 15.5 Å². The molecule has 5 nitrogen and oxygen atoms in total. The van der Waals surface area contributed by atoms with Crippen LogP contribution in [-0.2, 0) is 9.53 Å². The number of rotatable bonds is 6. The molecule has 2 saturated heterocycles. The van der Waals surface area contributed by atoms with Crippen molar-refractivity contribution in [3.8, 4) is 0 Å². The van der Waals surface area contributed by atoms with Crippen LogP contribution in [0.3, 0.4) is 0 Å². The van der Waals surface area contributed by atoms with Crippen LogP contribution in [0.4, 0.5) is 0 Å². The molecule has 2 atom stereocenters. The molecule has 2 rings (SSSR count). The molecule has 2 fully saturated rings. The minimum Gasteiger partial charge on any atom is -0.383 e. The summed E-state index contributed by atoms with van der Waals surface area (Å²) in [7, 11) is 1.74. The number of nitrogens with one attached hydrogen (secondary N) is 2. The van der Waals surface area contributed by atoms with Crippen molar-refractivity contribution >= 4 is 30.7 Å². The first-order chi connectivity index (χ1) is 8.81. The van der Waals surface area contributed by atoms with E-state index in [-0.39, 0.29) is 36.6 Å². The molecule has 120 valence electrons. The number of hydrogen-bond donors (Lipinski definition) is 2. The van der Waals surface area contributed by atoms with Gasteiger partial charge < -0.3 is 15.4 Å². The minimum atomic E-state index is 0. The fourth-order valence-corrected chi connectivity index (χ4v) is 2.87. The van der Waals surface area contributed by atoms with Gasteiger partial charge in [0, 0.05) is 32.8 Å². The molecule has 0 spiro atoms. The smallest absolute Gasteiger partial charge is 0.224 e. The van der Waals surface area contributed by atoms with E-state index in [0.717, 1.165) is 45.8 Å². The summed E-state index contributed by atoms with van der Waals surface area (Å²) < 4.78 is 5.12. The van der Waals surface area contributed by atoms with Gasteiger partial charge in [0.05, 0.1) is 12.5 Å². The average molecular weight is 328 g/mol. The van der Waals surface area contributed by atoms with Gasteiger partial charge in [0.25, 0.3) is 0 Å². The van der Waals surface area contributed by atoms with E-state index in [1.807, 2.05) is 0 Å². The Hall–Kier alpha value is -0.0700. The Morgan fingerprint density at radius 1 is 1.40 bits per heavy atom. The zero-order chi connectivity index (χ0) is 12.8. The molecule has 0 aliphatic carbocycles. The van der Waals surface area contributed by atoms with Crippen LogP contribution in [0.15, 0.2) is 0 Å². The molecule has 2 heterocycles. The van der Waals surface area contributed by atoms with Crippen LogP contribution in [0.5, 0.6) is 0 Å². The van der Waals surface area contributed by atoms with E-state index in [1.165, 1.54) is 12.8 Å². The van der Waals surface area contributed by atoms with Crippen molar-refractivity contribution < 1.29 is 9.53 Å². The Morgan fingerprint density at radius 2 is 2.20 bits per heavy atom. The van der Waals surface area contributed by atoms with E-state index in [1.54, 1.807) is 7.11 Å². The van der Waals surface area contributed by atoms with Crippen LogP contribution in [-0.4, -0.2) is 63.3 Å². The lowest BCUT2D eigenvalue weighted by Gasteiger charge is -2.24. The maximum absolute atomic E-state index is 11.9. The first-order valence-corrected chi connectivity index (χ1v) is 7.02. The molecule has 0 aromatic rings. The molecule has 2 unspecified atom stereocenters. The number of hydrogen-bond acceptors (Lipinski definition) is 4. The van der Waals surface area contributed by atoms with Gasteiger partial charge in [0.2, 0.25) is 5.91 Å². The van der Waals surface area contributed by atoms with Gasteiger partial charge in [0.15, 0.2) is 0 Å². The first-order valence-electron chi connectivity index (χ1n) is 7.02.